The van der Waals surface area contributed by atoms with Crippen LogP contribution in [0.3, 0.4) is 0 Å². The average Bonchev–Trinajstić information content (AvgIpc) is 3.33. The first-order chi connectivity index (χ1) is 10.4. The van der Waals surface area contributed by atoms with Crippen molar-refractivity contribution in [2.75, 3.05) is 19.0 Å². The van der Waals surface area contributed by atoms with Crippen LogP contribution in [0.2, 0.25) is 0 Å². The van der Waals surface area contributed by atoms with Gasteiger partial charge in [0.1, 0.15) is 6.54 Å². The molecule has 2 aliphatic rings. The molecule has 8 heteroatoms. The number of carbonyl (C=O) groups is 1. The lowest BCUT2D eigenvalue weighted by atomic mass is 10.2. The Labute approximate surface area is 125 Å². The van der Waals surface area contributed by atoms with Crippen LogP contribution in [0.1, 0.15) is 30.9 Å². The monoisotopic (exact) mass is 317 g/mol. The Bertz CT molecular complexity index is 566. The molecule has 2 atom stereocenters. The molecule has 0 amide bonds. The van der Waals surface area contributed by atoms with Gasteiger partial charge >= 0.3 is 12.1 Å². The molecule has 22 heavy (non-hydrogen) atoms. The summed E-state index contributed by atoms with van der Waals surface area (Å²) >= 11 is 0. The highest BCUT2D eigenvalue weighted by Crippen LogP contribution is 2.44. The van der Waals surface area contributed by atoms with Gasteiger partial charge in [-0.05, 0) is 25.2 Å². The van der Waals surface area contributed by atoms with Gasteiger partial charge in [0.25, 0.3) is 0 Å². The van der Waals surface area contributed by atoms with Crippen LogP contribution in [0, 0.1) is 11.8 Å². The number of alkyl halides is 3. The summed E-state index contributed by atoms with van der Waals surface area (Å²) < 4.78 is 43.0. The molecular weight excluding hydrogens is 299 g/mol. The third-order valence-corrected chi connectivity index (χ3v) is 4.08. The lowest BCUT2D eigenvalue weighted by Gasteiger charge is -2.05. The lowest BCUT2D eigenvalue weighted by molar-refractivity contribution is -0.143. The minimum Gasteiger partial charge on any atom is -0.469 e. The smallest absolute Gasteiger partial charge is 0.408 e. The maximum Gasteiger partial charge on any atom is 0.408 e. The predicted molar refractivity (Wildman–Crippen MR) is 72.4 cm³/mol. The van der Waals surface area contributed by atoms with Crippen LogP contribution in [0.15, 0.2) is 6.20 Å². The van der Waals surface area contributed by atoms with Gasteiger partial charge in [0.15, 0.2) is 0 Å². The summed E-state index contributed by atoms with van der Waals surface area (Å²) in [6, 6.07) is 0. The third kappa shape index (κ3) is 3.53. The zero-order valence-corrected chi connectivity index (χ0v) is 12.2. The summed E-state index contributed by atoms with van der Waals surface area (Å²) in [4.78, 5) is 11.4. The van der Waals surface area contributed by atoms with Crippen molar-refractivity contribution in [2.45, 2.75) is 37.9 Å². The molecule has 2 fully saturated rings. The van der Waals surface area contributed by atoms with Crippen molar-refractivity contribution in [3.8, 4) is 0 Å². The number of hydrogen-bond donors (Lipinski definition) is 1. The molecule has 5 nitrogen and oxygen atoms in total. The average molecular weight is 317 g/mol. The minimum atomic E-state index is -4.28. The van der Waals surface area contributed by atoms with E-state index in [0.717, 1.165) is 23.9 Å². The molecule has 3 rings (SSSR count). The van der Waals surface area contributed by atoms with E-state index >= 15 is 0 Å². The van der Waals surface area contributed by atoms with Gasteiger partial charge in [-0.3, -0.25) is 9.48 Å². The molecule has 2 saturated carbocycles. The number of rotatable bonds is 6. The first-order valence-corrected chi connectivity index (χ1v) is 7.33. The maximum absolute atomic E-state index is 12.5. The normalized spacial score (nSPS) is 24.2. The second-order valence-corrected chi connectivity index (χ2v) is 6.02. The van der Waals surface area contributed by atoms with Crippen molar-refractivity contribution in [1.29, 1.82) is 0 Å². The molecule has 0 aromatic carbocycles. The Hall–Kier alpha value is -1.73. The van der Waals surface area contributed by atoms with Gasteiger partial charge in [0, 0.05) is 18.7 Å². The molecule has 1 aromatic heterocycles. The van der Waals surface area contributed by atoms with Crippen LogP contribution in [-0.2, 0) is 16.1 Å². The number of esters is 1. The van der Waals surface area contributed by atoms with E-state index in [1.54, 1.807) is 0 Å². The van der Waals surface area contributed by atoms with Crippen LogP contribution in [0.4, 0.5) is 18.9 Å². The highest BCUT2D eigenvalue weighted by Gasteiger charge is 2.44. The van der Waals surface area contributed by atoms with Gasteiger partial charge in [0.05, 0.1) is 24.4 Å². The highest BCUT2D eigenvalue weighted by atomic mass is 19.4. The number of nitrogens with one attached hydrogen (secondary N) is 1. The quantitative estimate of drug-likeness (QED) is 0.819. The summed E-state index contributed by atoms with van der Waals surface area (Å²) in [6.45, 7) is -0.528. The first-order valence-electron chi connectivity index (χ1n) is 7.33. The van der Waals surface area contributed by atoms with Gasteiger partial charge in [-0.1, -0.05) is 0 Å². The molecule has 2 aliphatic carbocycles. The standard InChI is InChI=1S/C14H18F3N3O2/c1-22-13(21)10-4-9(10)5-18-11-6-20(7-14(15,16)17)19-12(11)8-2-3-8/h6,8-10,18H,2-5,7H2,1H3/t9-,10+/m0/s1. The Morgan fingerprint density at radius 1 is 1.50 bits per heavy atom. The van der Waals surface area contributed by atoms with E-state index in [4.69, 9.17) is 0 Å². The number of anilines is 1. The molecule has 0 radical (unpaired) electrons. The number of hydrogen-bond acceptors (Lipinski definition) is 4. The van der Waals surface area contributed by atoms with Gasteiger partial charge in [-0.15, -0.1) is 0 Å². The van der Waals surface area contributed by atoms with E-state index in [1.165, 1.54) is 13.3 Å². The number of ether oxygens (including phenoxy) is 1. The molecule has 0 aliphatic heterocycles. The zero-order valence-electron chi connectivity index (χ0n) is 12.2. The zero-order chi connectivity index (χ0) is 15.9. The second kappa shape index (κ2) is 5.48. The number of aromatic nitrogens is 2. The first kappa shape index (κ1) is 15.2. The van der Waals surface area contributed by atoms with E-state index in [-0.39, 0.29) is 23.7 Å². The van der Waals surface area contributed by atoms with Crippen molar-refractivity contribution in [3.63, 3.8) is 0 Å². The fourth-order valence-electron chi connectivity index (χ4n) is 2.65. The minimum absolute atomic E-state index is 0.0907. The Morgan fingerprint density at radius 3 is 2.82 bits per heavy atom. The van der Waals surface area contributed by atoms with Crippen LogP contribution < -0.4 is 5.32 Å². The SMILES string of the molecule is COC(=O)[C@@H]1C[C@H]1CNc1cn(CC(F)(F)F)nc1C1CC1. The molecule has 0 unspecified atom stereocenters. The summed E-state index contributed by atoms with van der Waals surface area (Å²) in [6.07, 6.45) is -0.180. The number of carbonyl (C=O) groups excluding carboxylic acids is 1. The Kier molecular flexibility index (Phi) is 3.78. The van der Waals surface area contributed by atoms with E-state index in [0.29, 0.717) is 17.9 Å². The fourth-order valence-corrected chi connectivity index (χ4v) is 2.65. The fraction of sp³-hybridized carbons (Fsp3) is 0.714. The maximum atomic E-state index is 12.5. The molecule has 0 saturated heterocycles. The number of halogens is 3. The summed E-state index contributed by atoms with van der Waals surface area (Å²) in [5.41, 5.74) is 1.36. The van der Waals surface area contributed by atoms with Crippen LogP contribution in [0.5, 0.6) is 0 Å². The van der Waals surface area contributed by atoms with Crippen molar-refractivity contribution in [3.05, 3.63) is 11.9 Å². The highest BCUT2D eigenvalue weighted by molar-refractivity contribution is 5.75. The molecule has 1 heterocycles. The summed E-state index contributed by atoms with van der Waals surface area (Å²) in [5.74, 6) is 0.132. The molecule has 1 aromatic rings. The summed E-state index contributed by atoms with van der Waals surface area (Å²) in [5, 5.41) is 7.22. The molecule has 1 N–H and O–H groups in total. The van der Waals surface area contributed by atoms with Crippen LogP contribution in [0.25, 0.3) is 0 Å². The third-order valence-electron chi connectivity index (χ3n) is 4.08. The molecule has 122 valence electrons. The molecule has 0 spiro atoms. The van der Waals surface area contributed by atoms with Crippen molar-refractivity contribution < 1.29 is 22.7 Å². The van der Waals surface area contributed by atoms with E-state index < -0.39 is 12.7 Å². The van der Waals surface area contributed by atoms with Crippen molar-refractivity contribution >= 4 is 11.7 Å². The van der Waals surface area contributed by atoms with E-state index in [9.17, 15) is 18.0 Å². The van der Waals surface area contributed by atoms with Gasteiger partial charge in [0.2, 0.25) is 0 Å². The Morgan fingerprint density at radius 2 is 2.23 bits per heavy atom. The second-order valence-electron chi connectivity index (χ2n) is 6.02. The predicted octanol–water partition coefficient (Wildman–Crippen LogP) is 2.54. The van der Waals surface area contributed by atoms with E-state index in [1.807, 2.05) is 0 Å². The van der Waals surface area contributed by atoms with E-state index in [2.05, 4.69) is 15.2 Å². The number of nitrogens with zero attached hydrogens (tertiary/aromatic N) is 2. The molecule has 0 bridgehead atoms. The lowest BCUT2D eigenvalue weighted by Crippen LogP contribution is -2.18. The van der Waals surface area contributed by atoms with Crippen molar-refractivity contribution in [2.24, 2.45) is 11.8 Å². The molecular formula is C14H18F3N3O2. The van der Waals surface area contributed by atoms with Crippen molar-refractivity contribution in [1.82, 2.24) is 9.78 Å². The van der Waals surface area contributed by atoms with Gasteiger partial charge in [-0.2, -0.15) is 18.3 Å². The topological polar surface area (TPSA) is 56.1 Å². The van der Waals surface area contributed by atoms with Crippen LogP contribution in [-0.4, -0.2) is 35.6 Å². The Balaban J connectivity index is 1.62. The van der Waals surface area contributed by atoms with Gasteiger partial charge in [-0.25, -0.2) is 0 Å². The number of methoxy groups -OCH3 is 1. The summed E-state index contributed by atoms with van der Waals surface area (Å²) in [7, 11) is 1.36. The largest absolute Gasteiger partial charge is 0.469 e. The van der Waals surface area contributed by atoms with Gasteiger partial charge < -0.3 is 10.1 Å². The van der Waals surface area contributed by atoms with Crippen LogP contribution >= 0.6 is 0 Å².